The second-order valence-electron chi connectivity index (χ2n) is 5.91. The zero-order chi connectivity index (χ0) is 16.7. The SMILES string of the molecule is Cc1cc(N2CCS(=O)(=O)CC2)n2nc(-c3ccccc3)nc2n1. The van der Waals surface area contributed by atoms with E-state index < -0.39 is 9.84 Å². The van der Waals surface area contributed by atoms with Gasteiger partial charge in [-0.25, -0.2) is 13.4 Å². The second-order valence-corrected chi connectivity index (χ2v) is 8.21. The van der Waals surface area contributed by atoms with E-state index >= 15 is 0 Å². The number of sulfone groups is 1. The minimum absolute atomic E-state index is 0.163. The molecule has 1 fully saturated rings. The van der Waals surface area contributed by atoms with Crippen molar-refractivity contribution in [2.24, 2.45) is 0 Å². The van der Waals surface area contributed by atoms with Crippen LogP contribution >= 0.6 is 0 Å². The lowest BCUT2D eigenvalue weighted by molar-refractivity contribution is 0.585. The molecule has 0 atom stereocenters. The van der Waals surface area contributed by atoms with Crippen molar-refractivity contribution in [3.63, 3.8) is 0 Å². The number of hydrogen-bond acceptors (Lipinski definition) is 6. The molecule has 1 aliphatic rings. The molecule has 24 heavy (non-hydrogen) atoms. The Morgan fingerprint density at radius 3 is 2.46 bits per heavy atom. The minimum atomic E-state index is -2.93. The molecule has 0 bridgehead atoms. The first-order chi connectivity index (χ1) is 11.5. The van der Waals surface area contributed by atoms with Crippen molar-refractivity contribution in [3.8, 4) is 11.4 Å². The van der Waals surface area contributed by atoms with Crippen LogP contribution in [-0.4, -0.2) is 52.6 Å². The molecule has 0 unspecified atom stereocenters. The summed E-state index contributed by atoms with van der Waals surface area (Å²) in [5.41, 5.74) is 1.76. The summed E-state index contributed by atoms with van der Waals surface area (Å²) in [5.74, 6) is 2.30. The maximum Gasteiger partial charge on any atom is 0.254 e. The van der Waals surface area contributed by atoms with Gasteiger partial charge in [-0.15, -0.1) is 5.10 Å². The van der Waals surface area contributed by atoms with Crippen LogP contribution in [0.3, 0.4) is 0 Å². The highest BCUT2D eigenvalue weighted by atomic mass is 32.2. The second kappa shape index (κ2) is 5.55. The molecule has 4 rings (SSSR count). The van der Waals surface area contributed by atoms with Crippen molar-refractivity contribution < 1.29 is 8.42 Å². The first kappa shape index (κ1) is 15.1. The van der Waals surface area contributed by atoms with Gasteiger partial charge in [0.1, 0.15) is 5.82 Å². The van der Waals surface area contributed by atoms with Gasteiger partial charge in [-0.3, -0.25) is 0 Å². The summed E-state index contributed by atoms with van der Waals surface area (Å²) in [6, 6.07) is 11.7. The van der Waals surface area contributed by atoms with Crippen LogP contribution in [0.2, 0.25) is 0 Å². The predicted octanol–water partition coefficient (Wildman–Crippen LogP) is 1.33. The number of aromatic nitrogens is 4. The molecular formula is C16H17N5O2S. The Balaban J connectivity index is 1.80. The van der Waals surface area contributed by atoms with Crippen LogP contribution in [-0.2, 0) is 9.84 Å². The summed E-state index contributed by atoms with van der Waals surface area (Å²) in [6.45, 7) is 2.82. The van der Waals surface area contributed by atoms with Crippen LogP contribution in [0, 0.1) is 6.92 Å². The third-order valence-electron chi connectivity index (χ3n) is 4.12. The number of nitrogens with zero attached hydrogens (tertiary/aromatic N) is 5. The lowest BCUT2D eigenvalue weighted by Crippen LogP contribution is -2.41. The van der Waals surface area contributed by atoms with Crippen LogP contribution in [0.15, 0.2) is 36.4 Å². The standard InChI is InChI=1S/C16H17N5O2S/c1-12-11-14(20-7-9-24(22,23)10-8-20)21-16(17-12)18-15(19-21)13-5-3-2-4-6-13/h2-6,11H,7-10H2,1H3. The summed E-state index contributed by atoms with van der Waals surface area (Å²) in [4.78, 5) is 11.0. The minimum Gasteiger partial charge on any atom is -0.354 e. The molecule has 1 aromatic carbocycles. The summed E-state index contributed by atoms with van der Waals surface area (Å²) < 4.78 is 25.0. The number of hydrogen-bond donors (Lipinski definition) is 0. The number of fused-ring (bicyclic) bond motifs is 1. The average Bonchev–Trinajstić information content (AvgIpc) is 2.99. The van der Waals surface area contributed by atoms with Gasteiger partial charge in [0.2, 0.25) is 0 Å². The van der Waals surface area contributed by atoms with E-state index in [1.807, 2.05) is 48.2 Å². The Hall–Kier alpha value is -2.48. The normalized spacial score (nSPS) is 17.3. The van der Waals surface area contributed by atoms with Gasteiger partial charge in [-0.05, 0) is 6.92 Å². The van der Waals surface area contributed by atoms with Crippen molar-refractivity contribution in [2.75, 3.05) is 29.5 Å². The van der Waals surface area contributed by atoms with Crippen LogP contribution in [0.1, 0.15) is 5.69 Å². The maximum absolute atomic E-state index is 11.7. The molecule has 7 nitrogen and oxygen atoms in total. The molecule has 3 heterocycles. The smallest absolute Gasteiger partial charge is 0.254 e. The van der Waals surface area contributed by atoms with Gasteiger partial charge in [0.25, 0.3) is 5.78 Å². The number of rotatable bonds is 2. The largest absolute Gasteiger partial charge is 0.354 e. The van der Waals surface area contributed by atoms with Gasteiger partial charge in [-0.1, -0.05) is 30.3 Å². The van der Waals surface area contributed by atoms with Gasteiger partial charge < -0.3 is 4.90 Å². The Morgan fingerprint density at radius 1 is 1.04 bits per heavy atom. The molecular weight excluding hydrogens is 326 g/mol. The van der Waals surface area contributed by atoms with Crippen molar-refractivity contribution in [3.05, 3.63) is 42.1 Å². The molecule has 0 radical (unpaired) electrons. The molecule has 0 N–H and O–H groups in total. The molecule has 0 saturated carbocycles. The van der Waals surface area contributed by atoms with Gasteiger partial charge in [0.05, 0.1) is 11.5 Å². The lowest BCUT2D eigenvalue weighted by Gasteiger charge is -2.28. The molecule has 1 saturated heterocycles. The van der Waals surface area contributed by atoms with Crippen LogP contribution < -0.4 is 4.90 Å². The molecule has 124 valence electrons. The molecule has 0 aliphatic carbocycles. The van der Waals surface area contributed by atoms with E-state index in [1.54, 1.807) is 4.52 Å². The molecule has 1 aliphatic heterocycles. The van der Waals surface area contributed by atoms with Gasteiger partial charge >= 0.3 is 0 Å². The summed E-state index contributed by atoms with van der Waals surface area (Å²) in [6.07, 6.45) is 0. The first-order valence-corrected chi connectivity index (χ1v) is 9.59. The molecule has 2 aromatic heterocycles. The fraction of sp³-hybridized carbons (Fsp3) is 0.312. The highest BCUT2D eigenvalue weighted by Gasteiger charge is 2.24. The van der Waals surface area contributed by atoms with Crippen LogP contribution in [0.25, 0.3) is 17.2 Å². The Morgan fingerprint density at radius 2 is 1.75 bits per heavy atom. The highest BCUT2D eigenvalue weighted by molar-refractivity contribution is 7.91. The summed E-state index contributed by atoms with van der Waals surface area (Å²) >= 11 is 0. The monoisotopic (exact) mass is 343 g/mol. The Bertz CT molecular complexity index is 984. The quantitative estimate of drug-likeness (QED) is 0.698. The lowest BCUT2D eigenvalue weighted by atomic mass is 10.2. The van der Waals surface area contributed by atoms with Gasteiger partial charge in [-0.2, -0.15) is 9.50 Å². The third-order valence-corrected chi connectivity index (χ3v) is 5.73. The first-order valence-electron chi connectivity index (χ1n) is 7.77. The van der Waals surface area contributed by atoms with Gasteiger partial charge in [0, 0.05) is 30.4 Å². The van der Waals surface area contributed by atoms with Crippen molar-refractivity contribution >= 4 is 21.4 Å². The van der Waals surface area contributed by atoms with E-state index in [2.05, 4.69) is 15.1 Å². The van der Waals surface area contributed by atoms with Gasteiger partial charge in [0.15, 0.2) is 15.7 Å². The van der Waals surface area contributed by atoms with Crippen molar-refractivity contribution in [1.82, 2.24) is 19.6 Å². The Labute approximate surface area is 139 Å². The molecule has 8 heteroatoms. The Kier molecular flexibility index (Phi) is 3.49. The zero-order valence-corrected chi connectivity index (χ0v) is 14.1. The van der Waals surface area contributed by atoms with E-state index in [-0.39, 0.29) is 11.5 Å². The molecule has 0 amide bonds. The van der Waals surface area contributed by atoms with Crippen molar-refractivity contribution in [1.29, 1.82) is 0 Å². The zero-order valence-electron chi connectivity index (χ0n) is 13.3. The molecule has 0 spiro atoms. The highest BCUT2D eigenvalue weighted by Crippen LogP contribution is 2.22. The maximum atomic E-state index is 11.7. The number of aryl methyl sites for hydroxylation is 1. The summed E-state index contributed by atoms with van der Waals surface area (Å²) in [5, 5.41) is 4.59. The third kappa shape index (κ3) is 2.73. The molecule has 3 aromatic rings. The van der Waals surface area contributed by atoms with E-state index in [4.69, 9.17) is 0 Å². The fourth-order valence-corrected chi connectivity index (χ4v) is 4.05. The predicted molar refractivity (Wildman–Crippen MR) is 91.8 cm³/mol. The van der Waals surface area contributed by atoms with E-state index in [9.17, 15) is 8.42 Å². The topological polar surface area (TPSA) is 80.5 Å². The average molecular weight is 343 g/mol. The van der Waals surface area contributed by atoms with Crippen LogP contribution in [0.4, 0.5) is 5.82 Å². The van der Waals surface area contributed by atoms with E-state index in [0.717, 1.165) is 17.1 Å². The van der Waals surface area contributed by atoms with Crippen LogP contribution in [0.5, 0.6) is 0 Å². The number of anilines is 1. The van der Waals surface area contributed by atoms with E-state index in [1.165, 1.54) is 0 Å². The number of benzene rings is 1. The summed E-state index contributed by atoms with van der Waals surface area (Å²) in [7, 11) is -2.93. The van der Waals surface area contributed by atoms with Crippen molar-refractivity contribution in [2.45, 2.75) is 6.92 Å². The fourth-order valence-electron chi connectivity index (χ4n) is 2.84. The van der Waals surface area contributed by atoms with E-state index in [0.29, 0.717) is 24.7 Å².